The van der Waals surface area contributed by atoms with Crippen LogP contribution in [-0.2, 0) is 0 Å². The van der Waals surface area contributed by atoms with Gasteiger partial charge in [-0.15, -0.1) is 0 Å². The lowest BCUT2D eigenvalue weighted by molar-refractivity contribution is 0.527. The third-order valence-electron chi connectivity index (χ3n) is 3.83. The molecule has 3 rings (SSSR count). The fraction of sp³-hybridized carbons (Fsp3) is 0.500. The van der Waals surface area contributed by atoms with Crippen molar-refractivity contribution in [1.82, 2.24) is 9.55 Å². The average molecular weight is 296 g/mol. The Morgan fingerprint density at radius 1 is 1.47 bits per heavy atom. The quantitative estimate of drug-likeness (QED) is 0.830. The van der Waals surface area contributed by atoms with Crippen LogP contribution in [-0.4, -0.2) is 20.6 Å². The highest BCUT2D eigenvalue weighted by atomic mass is 32.2. The van der Waals surface area contributed by atoms with Gasteiger partial charge in [-0.2, -0.15) is 11.8 Å². The van der Waals surface area contributed by atoms with Crippen molar-refractivity contribution in [2.24, 2.45) is 0 Å². The number of aromatic amines is 1. The van der Waals surface area contributed by atoms with Crippen LogP contribution in [0.5, 0.6) is 0 Å². The minimum atomic E-state index is -0.222. The summed E-state index contributed by atoms with van der Waals surface area (Å²) in [6.07, 6.45) is 3.50. The fourth-order valence-corrected chi connectivity index (χ4v) is 4.50. The van der Waals surface area contributed by atoms with Crippen LogP contribution < -0.4 is 0 Å². The maximum absolute atomic E-state index is 13.8. The standard InChI is InChI=1S/C14H17FN2S2/c1-2-19-10-7-6-9(8-10)17-12-5-3-4-11(15)13(12)16-14(17)18/h3-5,9-10H,2,6-8H2,1H3,(H,16,18). The number of thioether (sulfide) groups is 1. The summed E-state index contributed by atoms with van der Waals surface area (Å²) in [5.41, 5.74) is 1.44. The van der Waals surface area contributed by atoms with Gasteiger partial charge in [-0.3, -0.25) is 0 Å². The highest BCUT2D eigenvalue weighted by Crippen LogP contribution is 2.38. The van der Waals surface area contributed by atoms with Gasteiger partial charge in [-0.05, 0) is 49.4 Å². The van der Waals surface area contributed by atoms with Crippen LogP contribution in [0.4, 0.5) is 4.39 Å². The minimum absolute atomic E-state index is 0.222. The lowest BCUT2D eigenvalue weighted by Crippen LogP contribution is -2.06. The normalized spacial score (nSPS) is 23.3. The predicted molar refractivity (Wildman–Crippen MR) is 81.9 cm³/mol. The second-order valence-electron chi connectivity index (χ2n) is 4.98. The molecule has 1 fully saturated rings. The number of nitrogens with one attached hydrogen (secondary N) is 1. The monoisotopic (exact) mass is 296 g/mol. The molecule has 102 valence electrons. The first-order valence-electron chi connectivity index (χ1n) is 6.71. The van der Waals surface area contributed by atoms with E-state index in [0.29, 0.717) is 16.3 Å². The van der Waals surface area contributed by atoms with Gasteiger partial charge < -0.3 is 9.55 Å². The van der Waals surface area contributed by atoms with E-state index in [0.717, 1.165) is 29.4 Å². The smallest absolute Gasteiger partial charge is 0.178 e. The Hall–Kier alpha value is -0.810. The van der Waals surface area contributed by atoms with E-state index in [1.54, 1.807) is 6.07 Å². The van der Waals surface area contributed by atoms with E-state index in [-0.39, 0.29) is 5.82 Å². The van der Waals surface area contributed by atoms with Gasteiger partial charge in [-0.25, -0.2) is 4.39 Å². The molecule has 0 aliphatic heterocycles. The van der Waals surface area contributed by atoms with E-state index in [2.05, 4.69) is 16.5 Å². The van der Waals surface area contributed by atoms with E-state index in [1.165, 1.54) is 12.5 Å². The van der Waals surface area contributed by atoms with Crippen LogP contribution in [0.3, 0.4) is 0 Å². The molecule has 1 N–H and O–H groups in total. The van der Waals surface area contributed by atoms with Crippen molar-refractivity contribution in [2.45, 2.75) is 37.5 Å². The van der Waals surface area contributed by atoms with Crippen molar-refractivity contribution < 1.29 is 4.39 Å². The van der Waals surface area contributed by atoms with Crippen molar-refractivity contribution in [3.05, 3.63) is 28.8 Å². The number of benzene rings is 1. The minimum Gasteiger partial charge on any atom is -0.328 e. The molecule has 2 nitrogen and oxygen atoms in total. The van der Waals surface area contributed by atoms with Crippen LogP contribution in [0.1, 0.15) is 32.2 Å². The van der Waals surface area contributed by atoms with Crippen molar-refractivity contribution in [1.29, 1.82) is 0 Å². The van der Waals surface area contributed by atoms with Gasteiger partial charge >= 0.3 is 0 Å². The molecule has 2 unspecified atom stereocenters. The molecule has 19 heavy (non-hydrogen) atoms. The van der Waals surface area contributed by atoms with E-state index in [1.807, 2.05) is 17.8 Å². The number of nitrogens with zero attached hydrogens (tertiary/aromatic N) is 1. The van der Waals surface area contributed by atoms with Crippen LogP contribution >= 0.6 is 24.0 Å². The number of imidazole rings is 1. The lowest BCUT2D eigenvalue weighted by Gasteiger charge is -2.13. The summed E-state index contributed by atoms with van der Waals surface area (Å²) >= 11 is 7.41. The van der Waals surface area contributed by atoms with Gasteiger partial charge in [0.05, 0.1) is 5.52 Å². The molecule has 0 amide bonds. The largest absolute Gasteiger partial charge is 0.328 e. The zero-order valence-corrected chi connectivity index (χ0v) is 12.5. The molecule has 0 spiro atoms. The molecule has 0 bridgehead atoms. The first-order valence-corrected chi connectivity index (χ1v) is 8.16. The molecule has 1 aliphatic carbocycles. The molecule has 0 radical (unpaired) electrons. The van der Waals surface area contributed by atoms with Crippen LogP contribution in [0.15, 0.2) is 18.2 Å². The van der Waals surface area contributed by atoms with Gasteiger partial charge in [-0.1, -0.05) is 13.0 Å². The van der Waals surface area contributed by atoms with E-state index >= 15 is 0 Å². The highest BCUT2D eigenvalue weighted by molar-refractivity contribution is 7.99. The summed E-state index contributed by atoms with van der Waals surface area (Å²) in [4.78, 5) is 3.02. The van der Waals surface area contributed by atoms with Crippen LogP contribution in [0, 0.1) is 10.6 Å². The molecule has 2 aromatic rings. The first-order chi connectivity index (χ1) is 9.20. The van der Waals surface area contributed by atoms with Gasteiger partial charge in [0, 0.05) is 11.3 Å². The second kappa shape index (κ2) is 5.29. The van der Waals surface area contributed by atoms with Gasteiger partial charge in [0.15, 0.2) is 4.77 Å². The zero-order chi connectivity index (χ0) is 13.4. The van der Waals surface area contributed by atoms with E-state index in [4.69, 9.17) is 12.2 Å². The third kappa shape index (κ3) is 2.34. The number of halogens is 1. The maximum atomic E-state index is 13.8. The van der Waals surface area contributed by atoms with Crippen molar-refractivity contribution in [2.75, 3.05) is 5.75 Å². The fourth-order valence-electron chi connectivity index (χ4n) is 3.02. The number of fused-ring (bicyclic) bond motifs is 1. The molecule has 1 aromatic carbocycles. The molecule has 1 aromatic heterocycles. The van der Waals surface area contributed by atoms with Crippen molar-refractivity contribution >= 4 is 35.0 Å². The van der Waals surface area contributed by atoms with E-state index < -0.39 is 0 Å². The Morgan fingerprint density at radius 2 is 2.32 bits per heavy atom. The third-order valence-corrected chi connectivity index (χ3v) is 5.36. The van der Waals surface area contributed by atoms with Gasteiger partial charge in [0.1, 0.15) is 11.3 Å². The molecular formula is C14H17FN2S2. The Morgan fingerprint density at radius 3 is 3.11 bits per heavy atom. The Kier molecular flexibility index (Phi) is 3.67. The number of hydrogen-bond donors (Lipinski definition) is 1. The second-order valence-corrected chi connectivity index (χ2v) is 6.94. The molecule has 1 aliphatic rings. The van der Waals surface area contributed by atoms with Gasteiger partial charge in [0.2, 0.25) is 0 Å². The summed E-state index contributed by atoms with van der Waals surface area (Å²) in [6.45, 7) is 2.20. The SMILES string of the molecule is CCSC1CCC(n2c(=S)[nH]c3c(F)cccc32)C1. The molecular weight excluding hydrogens is 279 g/mol. The number of para-hydroxylation sites is 1. The van der Waals surface area contributed by atoms with E-state index in [9.17, 15) is 4.39 Å². The molecule has 2 atom stereocenters. The zero-order valence-electron chi connectivity index (χ0n) is 10.9. The van der Waals surface area contributed by atoms with Crippen molar-refractivity contribution in [3.63, 3.8) is 0 Å². The number of rotatable bonds is 3. The topological polar surface area (TPSA) is 20.7 Å². The number of hydrogen-bond acceptors (Lipinski definition) is 2. The Labute approximate surface area is 121 Å². The lowest BCUT2D eigenvalue weighted by atomic mass is 10.2. The summed E-state index contributed by atoms with van der Waals surface area (Å²) in [5, 5.41) is 0.718. The summed E-state index contributed by atoms with van der Waals surface area (Å²) < 4.78 is 16.5. The molecule has 0 saturated heterocycles. The van der Waals surface area contributed by atoms with Gasteiger partial charge in [0.25, 0.3) is 0 Å². The first kappa shape index (κ1) is 13.2. The molecule has 1 saturated carbocycles. The van der Waals surface area contributed by atoms with Crippen LogP contribution in [0.2, 0.25) is 0 Å². The van der Waals surface area contributed by atoms with Crippen LogP contribution in [0.25, 0.3) is 11.0 Å². The van der Waals surface area contributed by atoms with Crippen molar-refractivity contribution in [3.8, 4) is 0 Å². The summed E-state index contributed by atoms with van der Waals surface area (Å²) in [7, 11) is 0. The summed E-state index contributed by atoms with van der Waals surface area (Å²) in [5.74, 6) is 0.936. The Balaban J connectivity index is 2.00. The number of aromatic nitrogens is 2. The average Bonchev–Trinajstić information content (AvgIpc) is 2.94. The number of H-pyrrole nitrogens is 1. The summed E-state index contributed by atoms with van der Waals surface area (Å²) in [6, 6.07) is 5.59. The highest BCUT2D eigenvalue weighted by Gasteiger charge is 2.27. The molecule has 1 heterocycles. The molecule has 5 heteroatoms. The predicted octanol–water partition coefficient (Wildman–Crippen LogP) is 4.68. The Bertz CT molecular complexity index is 646. The maximum Gasteiger partial charge on any atom is 0.178 e.